The highest BCUT2D eigenvalue weighted by Crippen LogP contribution is 2.35. The number of nitriles is 1. The Labute approximate surface area is 169 Å². The van der Waals surface area contributed by atoms with Crippen LogP contribution in [0.1, 0.15) is 17.7 Å². The number of nitrogens with one attached hydrogen (secondary N) is 1. The number of carbonyl (C=O) groups excluding carboxylic acids is 1. The van der Waals surface area contributed by atoms with Gasteiger partial charge in [0.05, 0.1) is 22.4 Å². The van der Waals surface area contributed by atoms with Gasteiger partial charge in [-0.1, -0.05) is 17.4 Å². The van der Waals surface area contributed by atoms with E-state index in [1.54, 1.807) is 17.5 Å². The van der Waals surface area contributed by atoms with Gasteiger partial charge < -0.3 is 15.0 Å². The Kier molecular flexibility index (Phi) is 4.37. The molecule has 0 radical (unpaired) electrons. The van der Waals surface area contributed by atoms with Gasteiger partial charge in [-0.15, -0.1) is 11.3 Å². The lowest BCUT2D eigenvalue weighted by molar-refractivity contribution is -0.131. The number of rotatable bonds is 5. The predicted molar refractivity (Wildman–Crippen MR) is 108 cm³/mol. The Morgan fingerprint density at radius 2 is 2.18 bits per heavy atom. The molecule has 0 spiro atoms. The first-order chi connectivity index (χ1) is 13.7. The summed E-state index contributed by atoms with van der Waals surface area (Å²) in [7, 11) is 0. The smallest absolute Gasteiger partial charge is 0.223 e. The zero-order chi connectivity index (χ0) is 19.1. The van der Waals surface area contributed by atoms with Gasteiger partial charge in [0.15, 0.2) is 5.13 Å². The highest BCUT2D eigenvalue weighted by molar-refractivity contribution is 7.16. The molecule has 2 aromatic heterocycles. The molecular formula is C19H17N5O2S2. The van der Waals surface area contributed by atoms with Crippen LogP contribution in [0.5, 0.6) is 5.75 Å². The second kappa shape index (κ2) is 7.04. The maximum Gasteiger partial charge on any atom is 0.223 e. The molecule has 2 fully saturated rings. The number of nitrogens with zero attached hydrogens (tertiary/aromatic N) is 4. The number of aromatic nitrogens is 2. The molecule has 28 heavy (non-hydrogen) atoms. The van der Waals surface area contributed by atoms with Crippen LogP contribution in [0.2, 0.25) is 0 Å². The number of hydrogen-bond donors (Lipinski definition) is 1. The van der Waals surface area contributed by atoms with E-state index in [9.17, 15) is 4.79 Å². The second-order valence-corrected chi connectivity index (χ2v) is 8.99. The van der Waals surface area contributed by atoms with Crippen LogP contribution >= 0.6 is 22.7 Å². The van der Waals surface area contributed by atoms with Gasteiger partial charge in [0, 0.05) is 19.0 Å². The quantitative estimate of drug-likeness (QED) is 0.694. The normalized spacial score (nSPS) is 21.6. The van der Waals surface area contributed by atoms with Crippen LogP contribution in [-0.2, 0) is 4.79 Å². The minimum atomic E-state index is 0.0127. The third-order valence-electron chi connectivity index (χ3n) is 5.18. The van der Waals surface area contributed by atoms with Gasteiger partial charge >= 0.3 is 0 Å². The number of fused-ring (bicyclic) bond motifs is 1. The first-order valence-electron chi connectivity index (χ1n) is 9.09. The average Bonchev–Trinajstić information content (AvgIpc) is 3.29. The first kappa shape index (κ1) is 17.4. The van der Waals surface area contributed by atoms with Gasteiger partial charge in [0.25, 0.3) is 0 Å². The summed E-state index contributed by atoms with van der Waals surface area (Å²) in [5.41, 5.74) is 2.72. The van der Waals surface area contributed by atoms with Gasteiger partial charge in [0.1, 0.15) is 28.3 Å². The van der Waals surface area contributed by atoms with Crippen LogP contribution in [-0.4, -0.2) is 41.1 Å². The van der Waals surface area contributed by atoms with Gasteiger partial charge in [-0.3, -0.25) is 4.79 Å². The van der Waals surface area contributed by atoms with Crippen LogP contribution in [0.3, 0.4) is 0 Å². The van der Waals surface area contributed by atoms with Crippen molar-refractivity contribution < 1.29 is 9.53 Å². The van der Waals surface area contributed by atoms with Crippen LogP contribution in [0.25, 0.3) is 10.2 Å². The van der Waals surface area contributed by atoms with E-state index < -0.39 is 0 Å². The van der Waals surface area contributed by atoms with Crippen molar-refractivity contribution in [2.45, 2.75) is 25.0 Å². The van der Waals surface area contributed by atoms with E-state index in [0.29, 0.717) is 4.88 Å². The van der Waals surface area contributed by atoms with Crippen molar-refractivity contribution in [3.63, 3.8) is 0 Å². The molecule has 3 aromatic rings. The van der Waals surface area contributed by atoms with Gasteiger partial charge in [0.2, 0.25) is 5.91 Å². The zero-order valence-electron chi connectivity index (χ0n) is 14.9. The molecule has 3 heterocycles. The molecule has 7 nitrogen and oxygen atoms in total. The number of para-hydroxylation sites is 1. The van der Waals surface area contributed by atoms with Crippen molar-refractivity contribution in [3.05, 3.63) is 34.8 Å². The minimum absolute atomic E-state index is 0.0127. The molecule has 1 aliphatic carbocycles. The van der Waals surface area contributed by atoms with Crippen molar-refractivity contribution in [1.29, 1.82) is 5.26 Å². The number of amides is 1. The Morgan fingerprint density at radius 1 is 1.32 bits per heavy atom. The standard InChI is InChI=1S/C19H17N5O2S2/c20-6-14-7-21-19(28-14)24-8-12(9-24)23-18(25)11-4-13(5-11)26-15-2-1-3-16-17(15)22-10-27-16/h1-3,7,10-13H,4-5,8-9H2,(H,23,25). The van der Waals surface area contributed by atoms with Crippen LogP contribution < -0.4 is 15.0 Å². The Bertz CT molecular complexity index is 1060. The Balaban J connectivity index is 1.08. The predicted octanol–water partition coefficient (Wildman–Crippen LogP) is 2.79. The van der Waals surface area contributed by atoms with Crippen molar-refractivity contribution >= 4 is 43.9 Å². The Morgan fingerprint density at radius 3 is 2.96 bits per heavy atom. The van der Waals surface area contributed by atoms with Crippen LogP contribution in [0.4, 0.5) is 5.13 Å². The van der Waals surface area contributed by atoms with Crippen molar-refractivity contribution in [2.75, 3.05) is 18.0 Å². The minimum Gasteiger partial charge on any atom is -0.488 e. The summed E-state index contributed by atoms with van der Waals surface area (Å²) in [4.78, 5) is 23.7. The molecule has 1 saturated carbocycles. The maximum atomic E-state index is 12.4. The molecule has 142 valence electrons. The lowest BCUT2D eigenvalue weighted by Gasteiger charge is -2.41. The maximum absolute atomic E-state index is 12.4. The first-order valence-corrected chi connectivity index (χ1v) is 10.8. The summed E-state index contributed by atoms with van der Waals surface area (Å²) in [5.74, 6) is 0.921. The molecule has 1 aromatic carbocycles. The molecule has 0 bridgehead atoms. The Hall–Kier alpha value is -2.70. The molecule has 2 aliphatic rings. The summed E-state index contributed by atoms with van der Waals surface area (Å²) in [6.45, 7) is 1.48. The van der Waals surface area contributed by atoms with Crippen LogP contribution in [0.15, 0.2) is 29.9 Å². The molecule has 1 aliphatic heterocycles. The summed E-state index contributed by atoms with van der Waals surface area (Å²) in [6.07, 6.45) is 3.13. The lowest BCUT2D eigenvalue weighted by Crippen LogP contribution is -2.61. The van der Waals surface area contributed by atoms with E-state index >= 15 is 0 Å². The number of hydrogen-bond acceptors (Lipinski definition) is 8. The molecule has 0 atom stereocenters. The fraction of sp³-hybridized carbons (Fsp3) is 0.368. The van der Waals surface area contributed by atoms with Crippen molar-refractivity contribution in [1.82, 2.24) is 15.3 Å². The molecule has 5 rings (SSSR count). The summed E-state index contributed by atoms with van der Waals surface area (Å²) >= 11 is 2.98. The number of ether oxygens (including phenoxy) is 1. The van der Waals surface area contributed by atoms with Gasteiger partial charge in [-0.2, -0.15) is 5.26 Å². The number of benzene rings is 1. The number of carbonyl (C=O) groups is 1. The number of anilines is 1. The summed E-state index contributed by atoms with van der Waals surface area (Å²) in [6, 6.07) is 8.19. The summed E-state index contributed by atoms with van der Waals surface area (Å²) < 4.78 is 7.17. The zero-order valence-corrected chi connectivity index (χ0v) is 16.5. The monoisotopic (exact) mass is 411 g/mol. The van der Waals surface area contributed by atoms with E-state index in [4.69, 9.17) is 10.00 Å². The largest absolute Gasteiger partial charge is 0.488 e. The molecule has 1 amide bonds. The molecule has 0 unspecified atom stereocenters. The van der Waals surface area contributed by atoms with Gasteiger partial charge in [-0.25, -0.2) is 9.97 Å². The highest BCUT2D eigenvalue weighted by Gasteiger charge is 2.39. The fourth-order valence-corrected chi connectivity index (χ4v) is 4.94. The van der Waals surface area contributed by atoms with Crippen molar-refractivity contribution in [2.24, 2.45) is 5.92 Å². The SMILES string of the molecule is N#Cc1cnc(N2CC(NC(=O)C3CC(Oc4cccc5scnc45)C3)C2)s1. The van der Waals surface area contributed by atoms with E-state index in [1.165, 1.54) is 11.3 Å². The van der Waals surface area contributed by atoms with Crippen molar-refractivity contribution in [3.8, 4) is 11.8 Å². The molecule has 1 saturated heterocycles. The van der Waals surface area contributed by atoms with E-state index in [-0.39, 0.29) is 24.0 Å². The third-order valence-corrected chi connectivity index (χ3v) is 6.94. The van der Waals surface area contributed by atoms with Gasteiger partial charge in [-0.05, 0) is 25.0 Å². The number of thiazole rings is 2. The second-order valence-electron chi connectivity index (χ2n) is 7.09. The molecule has 9 heteroatoms. The topological polar surface area (TPSA) is 91.1 Å². The van der Waals surface area contributed by atoms with Crippen LogP contribution in [0, 0.1) is 17.2 Å². The molecule has 1 N–H and O–H groups in total. The molecular weight excluding hydrogens is 394 g/mol. The highest BCUT2D eigenvalue weighted by atomic mass is 32.1. The van der Waals surface area contributed by atoms with E-state index in [2.05, 4.69) is 26.3 Å². The lowest BCUT2D eigenvalue weighted by atomic mass is 9.81. The van der Waals surface area contributed by atoms with E-state index in [1.807, 2.05) is 23.7 Å². The third kappa shape index (κ3) is 3.19. The fourth-order valence-electron chi connectivity index (χ4n) is 3.52. The average molecular weight is 412 g/mol. The summed E-state index contributed by atoms with van der Waals surface area (Å²) in [5, 5.41) is 12.8. The van der Waals surface area contributed by atoms with E-state index in [0.717, 1.165) is 47.0 Å².